The molecule has 6 heteroatoms. The standard InChI is InChI=1S/C18H24N4O2/c1-21-10-17(19-13-21)18(24)20-16-11-22(8-7-15(16)12-23)9-14-5-3-2-4-6-14/h2-6,10,13,15-16,23H,7-9,11-12H2,1H3,(H,20,24)/t15-,16-/m0/s1. The van der Waals surface area contributed by atoms with Gasteiger partial charge in [0, 0.05) is 44.9 Å². The van der Waals surface area contributed by atoms with Gasteiger partial charge in [0.25, 0.3) is 5.91 Å². The van der Waals surface area contributed by atoms with E-state index in [-0.39, 0.29) is 24.5 Å². The van der Waals surface area contributed by atoms with Crippen molar-refractivity contribution in [3.8, 4) is 0 Å². The smallest absolute Gasteiger partial charge is 0.271 e. The minimum Gasteiger partial charge on any atom is -0.396 e. The molecule has 128 valence electrons. The number of likely N-dealkylation sites (tertiary alicyclic amines) is 1. The molecule has 1 amide bonds. The van der Waals surface area contributed by atoms with E-state index < -0.39 is 0 Å². The molecule has 2 heterocycles. The molecule has 0 unspecified atom stereocenters. The average molecular weight is 328 g/mol. The van der Waals surface area contributed by atoms with Crippen LogP contribution in [-0.4, -0.2) is 51.2 Å². The van der Waals surface area contributed by atoms with Crippen LogP contribution in [0.5, 0.6) is 0 Å². The molecule has 1 fully saturated rings. The van der Waals surface area contributed by atoms with Crippen LogP contribution >= 0.6 is 0 Å². The highest BCUT2D eigenvalue weighted by molar-refractivity contribution is 5.92. The maximum absolute atomic E-state index is 12.4. The van der Waals surface area contributed by atoms with Gasteiger partial charge in [0.05, 0.1) is 6.33 Å². The minimum absolute atomic E-state index is 0.0676. The van der Waals surface area contributed by atoms with Gasteiger partial charge in [0.1, 0.15) is 5.69 Å². The summed E-state index contributed by atoms with van der Waals surface area (Å²) < 4.78 is 1.75. The molecule has 2 aromatic rings. The Morgan fingerprint density at radius 2 is 2.17 bits per heavy atom. The van der Waals surface area contributed by atoms with Crippen LogP contribution in [0.25, 0.3) is 0 Å². The molecule has 0 aliphatic carbocycles. The number of aromatic nitrogens is 2. The molecule has 2 atom stereocenters. The van der Waals surface area contributed by atoms with E-state index in [2.05, 4.69) is 27.3 Å². The minimum atomic E-state index is -0.180. The second-order valence-electron chi connectivity index (χ2n) is 6.46. The van der Waals surface area contributed by atoms with Gasteiger partial charge in [-0.05, 0) is 18.5 Å². The van der Waals surface area contributed by atoms with Gasteiger partial charge >= 0.3 is 0 Å². The Kier molecular flexibility index (Phi) is 5.27. The van der Waals surface area contributed by atoms with Crippen molar-refractivity contribution in [3.63, 3.8) is 0 Å². The lowest BCUT2D eigenvalue weighted by Gasteiger charge is -2.38. The van der Waals surface area contributed by atoms with E-state index >= 15 is 0 Å². The molecule has 1 saturated heterocycles. The fourth-order valence-electron chi connectivity index (χ4n) is 3.21. The summed E-state index contributed by atoms with van der Waals surface area (Å²) in [6.07, 6.45) is 4.19. The maximum Gasteiger partial charge on any atom is 0.271 e. The Labute approximate surface area is 142 Å². The lowest BCUT2D eigenvalue weighted by molar-refractivity contribution is 0.0727. The second-order valence-corrected chi connectivity index (χ2v) is 6.46. The number of hydrogen-bond acceptors (Lipinski definition) is 4. The zero-order valence-corrected chi connectivity index (χ0v) is 13.9. The molecule has 6 nitrogen and oxygen atoms in total. The molecule has 1 aliphatic rings. The zero-order chi connectivity index (χ0) is 16.9. The fourth-order valence-corrected chi connectivity index (χ4v) is 3.21. The van der Waals surface area contributed by atoms with Gasteiger partial charge in [-0.25, -0.2) is 4.98 Å². The molecule has 1 aromatic heterocycles. The van der Waals surface area contributed by atoms with Gasteiger partial charge in [0.15, 0.2) is 0 Å². The molecule has 1 aromatic carbocycles. The highest BCUT2D eigenvalue weighted by Gasteiger charge is 2.30. The number of benzene rings is 1. The number of aliphatic hydroxyl groups is 1. The van der Waals surface area contributed by atoms with Crippen molar-refractivity contribution in [3.05, 3.63) is 54.1 Å². The van der Waals surface area contributed by atoms with Crippen LogP contribution in [0.4, 0.5) is 0 Å². The summed E-state index contributed by atoms with van der Waals surface area (Å²) in [5.74, 6) is -0.0923. The molecule has 24 heavy (non-hydrogen) atoms. The first-order valence-corrected chi connectivity index (χ1v) is 8.31. The monoisotopic (exact) mass is 328 g/mol. The highest BCUT2D eigenvalue weighted by atomic mass is 16.3. The van der Waals surface area contributed by atoms with Crippen molar-refractivity contribution < 1.29 is 9.90 Å². The summed E-state index contributed by atoms with van der Waals surface area (Å²) in [5.41, 5.74) is 1.67. The van der Waals surface area contributed by atoms with Crippen LogP contribution in [-0.2, 0) is 13.6 Å². The summed E-state index contributed by atoms with van der Waals surface area (Å²) in [4.78, 5) is 18.8. The molecule has 0 spiro atoms. The van der Waals surface area contributed by atoms with Gasteiger partial charge in [-0.1, -0.05) is 30.3 Å². The molecule has 0 bridgehead atoms. The first-order valence-electron chi connectivity index (χ1n) is 8.31. The van der Waals surface area contributed by atoms with E-state index in [1.54, 1.807) is 17.1 Å². The second kappa shape index (κ2) is 7.59. The summed E-state index contributed by atoms with van der Waals surface area (Å²) in [6, 6.07) is 10.2. The van der Waals surface area contributed by atoms with Crippen LogP contribution < -0.4 is 5.32 Å². The van der Waals surface area contributed by atoms with Crippen LogP contribution in [0.3, 0.4) is 0 Å². The highest BCUT2D eigenvalue weighted by Crippen LogP contribution is 2.19. The Morgan fingerprint density at radius 1 is 1.38 bits per heavy atom. The first-order chi connectivity index (χ1) is 11.7. The first kappa shape index (κ1) is 16.7. The number of aliphatic hydroxyl groups excluding tert-OH is 1. The number of amides is 1. The molecule has 1 aliphatic heterocycles. The summed E-state index contributed by atoms with van der Waals surface area (Å²) in [6.45, 7) is 2.61. The normalized spacial score (nSPS) is 21.6. The number of hydrogen-bond donors (Lipinski definition) is 2. The Morgan fingerprint density at radius 3 is 2.83 bits per heavy atom. The van der Waals surface area contributed by atoms with E-state index in [0.717, 1.165) is 26.1 Å². The van der Waals surface area contributed by atoms with Crippen molar-refractivity contribution in [2.45, 2.75) is 19.0 Å². The lowest BCUT2D eigenvalue weighted by atomic mass is 9.92. The SMILES string of the molecule is Cn1cnc(C(=O)N[C@H]2CN(Cc3ccccc3)CC[C@H]2CO)c1. The number of carbonyl (C=O) groups is 1. The van der Waals surface area contributed by atoms with Gasteiger partial charge in [-0.2, -0.15) is 0 Å². The number of nitrogens with one attached hydrogen (secondary N) is 1. The van der Waals surface area contributed by atoms with E-state index in [0.29, 0.717) is 5.69 Å². The van der Waals surface area contributed by atoms with Crippen LogP contribution in [0.15, 0.2) is 42.9 Å². The van der Waals surface area contributed by atoms with Crippen molar-refractivity contribution >= 4 is 5.91 Å². The van der Waals surface area contributed by atoms with Crippen molar-refractivity contribution in [1.29, 1.82) is 0 Å². The van der Waals surface area contributed by atoms with Gasteiger partial charge < -0.3 is 15.0 Å². The van der Waals surface area contributed by atoms with Crippen LogP contribution in [0.2, 0.25) is 0 Å². The quantitative estimate of drug-likeness (QED) is 0.860. The third kappa shape index (κ3) is 4.01. The van der Waals surface area contributed by atoms with Gasteiger partial charge in [0.2, 0.25) is 0 Å². The third-order valence-electron chi connectivity index (χ3n) is 4.58. The molecular weight excluding hydrogens is 304 g/mol. The maximum atomic E-state index is 12.4. The Balaban J connectivity index is 1.64. The summed E-state index contributed by atoms with van der Waals surface area (Å²) in [5, 5.41) is 12.7. The zero-order valence-electron chi connectivity index (χ0n) is 13.9. The van der Waals surface area contributed by atoms with E-state index in [9.17, 15) is 9.90 Å². The summed E-state index contributed by atoms with van der Waals surface area (Å²) >= 11 is 0. The topological polar surface area (TPSA) is 70.4 Å². The molecular formula is C18H24N4O2. The van der Waals surface area contributed by atoms with Crippen LogP contribution in [0, 0.1) is 5.92 Å². The van der Waals surface area contributed by atoms with E-state index in [4.69, 9.17) is 0 Å². The summed E-state index contributed by atoms with van der Waals surface area (Å²) in [7, 11) is 1.84. The Bertz CT molecular complexity index is 671. The van der Waals surface area contributed by atoms with E-state index in [1.807, 2.05) is 25.2 Å². The number of imidazole rings is 1. The van der Waals surface area contributed by atoms with Gasteiger partial charge in [-0.3, -0.25) is 9.69 Å². The van der Waals surface area contributed by atoms with Crippen molar-refractivity contribution in [2.24, 2.45) is 13.0 Å². The number of carbonyl (C=O) groups excluding carboxylic acids is 1. The van der Waals surface area contributed by atoms with E-state index in [1.165, 1.54) is 5.56 Å². The number of aryl methyl sites for hydroxylation is 1. The van der Waals surface area contributed by atoms with Crippen molar-refractivity contribution in [2.75, 3.05) is 19.7 Å². The van der Waals surface area contributed by atoms with Crippen molar-refractivity contribution in [1.82, 2.24) is 19.8 Å². The fraction of sp³-hybridized carbons (Fsp3) is 0.444. The molecule has 0 radical (unpaired) electrons. The molecule has 3 rings (SSSR count). The molecule has 2 N–H and O–H groups in total. The number of rotatable bonds is 5. The largest absolute Gasteiger partial charge is 0.396 e. The third-order valence-corrected chi connectivity index (χ3v) is 4.58. The van der Waals surface area contributed by atoms with Crippen LogP contribution in [0.1, 0.15) is 22.5 Å². The predicted molar refractivity (Wildman–Crippen MR) is 91.4 cm³/mol. The number of piperidine rings is 1. The average Bonchev–Trinajstić information content (AvgIpc) is 3.03. The number of nitrogens with zero attached hydrogens (tertiary/aromatic N) is 3. The molecule has 0 saturated carbocycles. The Hall–Kier alpha value is -2.18. The predicted octanol–water partition coefficient (Wildman–Crippen LogP) is 1.03. The lowest BCUT2D eigenvalue weighted by Crippen LogP contribution is -2.53. The van der Waals surface area contributed by atoms with Gasteiger partial charge in [-0.15, -0.1) is 0 Å².